The van der Waals surface area contributed by atoms with Crippen molar-refractivity contribution in [3.63, 3.8) is 0 Å². The summed E-state index contributed by atoms with van der Waals surface area (Å²) in [5, 5.41) is 0. The molecule has 0 bridgehead atoms. The van der Waals surface area contributed by atoms with E-state index in [2.05, 4.69) is 25.6 Å². The van der Waals surface area contributed by atoms with Gasteiger partial charge in [0.15, 0.2) is 4.67 Å². The van der Waals surface area contributed by atoms with Gasteiger partial charge in [-0.15, -0.1) is 0 Å². The van der Waals surface area contributed by atoms with Crippen molar-refractivity contribution in [1.82, 2.24) is 19.0 Å². The first-order chi connectivity index (χ1) is 13.9. The Bertz CT molecular complexity index is 1250. The second kappa shape index (κ2) is 7.10. The third-order valence-electron chi connectivity index (χ3n) is 4.53. The lowest BCUT2D eigenvalue weighted by atomic mass is 10.1. The van der Waals surface area contributed by atoms with Crippen molar-refractivity contribution < 1.29 is 30.8 Å². The lowest BCUT2D eigenvalue weighted by Crippen LogP contribution is -2.60. The number of sulfonamides is 1. The van der Waals surface area contributed by atoms with Crippen LogP contribution in [0, 0.1) is 0 Å². The molecule has 0 radical (unpaired) electrons. The number of hydrogen-bond donors (Lipinski definition) is 1. The molecule has 4 heterocycles. The highest BCUT2D eigenvalue weighted by Gasteiger charge is 2.37. The number of carbonyl (C=O) groups is 1. The van der Waals surface area contributed by atoms with Crippen LogP contribution in [0.1, 0.15) is 16.1 Å². The summed E-state index contributed by atoms with van der Waals surface area (Å²) in [5.41, 5.74) is -0.890. The number of imidazole rings is 1. The first-order valence-corrected chi connectivity index (χ1v) is 11.2. The van der Waals surface area contributed by atoms with E-state index in [1.165, 1.54) is 29.6 Å². The summed E-state index contributed by atoms with van der Waals surface area (Å²) in [6.45, 7) is 0.223. The summed E-state index contributed by atoms with van der Waals surface area (Å²) in [4.78, 5) is 17.8. The number of nitrogens with zero attached hydrogens (tertiary/aromatic N) is 3. The van der Waals surface area contributed by atoms with Gasteiger partial charge in [-0.05, 0) is 28.1 Å². The highest BCUT2D eigenvalue weighted by molar-refractivity contribution is 9.10. The second-order valence-corrected chi connectivity index (χ2v) is 9.50. The molecule has 1 aliphatic heterocycles. The lowest BCUT2D eigenvalue weighted by molar-refractivity contribution is -0.136. The van der Waals surface area contributed by atoms with Crippen molar-refractivity contribution in [2.24, 2.45) is 0 Å². The summed E-state index contributed by atoms with van der Waals surface area (Å²) in [5.74, 6) is -0.578. The number of rotatable bonds is 4. The number of halogens is 4. The van der Waals surface area contributed by atoms with Gasteiger partial charge in [0.2, 0.25) is 10.0 Å². The van der Waals surface area contributed by atoms with Crippen LogP contribution in [0.2, 0.25) is 0 Å². The van der Waals surface area contributed by atoms with E-state index in [0.29, 0.717) is 10.2 Å². The molecule has 13 heteroatoms. The minimum Gasteiger partial charge on any atom is -0.457 e. The Hall–Kier alpha value is -2.38. The Kier molecular flexibility index (Phi) is 4.94. The van der Waals surface area contributed by atoms with Gasteiger partial charge < -0.3 is 13.7 Å². The number of aromatic nitrogens is 2. The normalized spacial score (nSPS) is 15.6. The average molecular weight is 507 g/mol. The molecule has 8 nitrogen and oxygen atoms in total. The van der Waals surface area contributed by atoms with Crippen molar-refractivity contribution in [3.8, 4) is 11.1 Å². The molecular weight excluding hydrogens is 493 g/mol. The maximum atomic E-state index is 13.6. The van der Waals surface area contributed by atoms with Crippen LogP contribution in [-0.2, 0) is 16.2 Å². The van der Waals surface area contributed by atoms with Gasteiger partial charge in [0.1, 0.15) is 11.3 Å². The molecule has 30 heavy (non-hydrogen) atoms. The van der Waals surface area contributed by atoms with E-state index in [4.69, 9.17) is 4.42 Å². The molecule has 1 N–H and O–H groups in total. The molecule has 3 aromatic heterocycles. The van der Waals surface area contributed by atoms with E-state index in [1.807, 2.05) is 0 Å². The van der Waals surface area contributed by atoms with Crippen molar-refractivity contribution in [1.29, 1.82) is 0 Å². The summed E-state index contributed by atoms with van der Waals surface area (Å²) in [6.07, 6.45) is 0.279. The number of pyridine rings is 1. The molecule has 0 spiro atoms. The van der Waals surface area contributed by atoms with Crippen LogP contribution in [0.3, 0.4) is 0 Å². The van der Waals surface area contributed by atoms with Crippen LogP contribution in [0.25, 0.3) is 16.8 Å². The smallest absolute Gasteiger partial charge is 0.420 e. The zero-order chi connectivity index (χ0) is 21.8. The molecule has 160 valence electrons. The molecule has 0 aliphatic carbocycles. The number of amides is 1. The number of nitrogens with one attached hydrogen (secondary N) is 1. The fourth-order valence-corrected chi connectivity index (χ4v) is 4.31. The van der Waals surface area contributed by atoms with Gasteiger partial charge in [-0.3, -0.25) is 4.79 Å². The van der Waals surface area contributed by atoms with E-state index < -0.39 is 39.4 Å². The Morgan fingerprint density at radius 3 is 2.53 bits per heavy atom. The third-order valence-corrected chi connectivity index (χ3v) is 5.70. The summed E-state index contributed by atoms with van der Waals surface area (Å²) < 4.78 is 72.3. The quantitative estimate of drug-likeness (QED) is 0.586. The van der Waals surface area contributed by atoms with Crippen molar-refractivity contribution >= 4 is 37.5 Å². The Morgan fingerprint density at radius 2 is 1.97 bits per heavy atom. The second-order valence-electron chi connectivity index (χ2n) is 6.93. The monoisotopic (exact) mass is 506 g/mol. The van der Waals surface area contributed by atoms with E-state index in [0.717, 1.165) is 16.7 Å². The molecule has 4 rings (SSSR count). The summed E-state index contributed by atoms with van der Waals surface area (Å²) in [7, 11) is -3.41. The zero-order valence-corrected chi connectivity index (χ0v) is 17.7. The van der Waals surface area contributed by atoms with E-state index in [-0.39, 0.29) is 24.3 Å². The first-order valence-electron chi connectivity index (χ1n) is 8.51. The van der Waals surface area contributed by atoms with Crippen molar-refractivity contribution in [3.05, 3.63) is 46.7 Å². The molecule has 1 aliphatic rings. The van der Waals surface area contributed by atoms with Gasteiger partial charge in [-0.25, -0.2) is 18.1 Å². The molecule has 1 amide bonds. The number of hydrogen-bond acceptors (Lipinski definition) is 5. The SMILES string of the molecule is CS(=O)(=O)NC1CN(C(=O)c2cn3cc(-c4coc(Br)c4)cc(C(F)(F)F)c3n2)C1. The highest BCUT2D eigenvalue weighted by atomic mass is 79.9. The number of likely N-dealkylation sites (tertiary alicyclic amines) is 1. The van der Waals surface area contributed by atoms with Crippen LogP contribution in [0.4, 0.5) is 13.2 Å². The summed E-state index contributed by atoms with van der Waals surface area (Å²) in [6, 6.07) is 2.04. The molecule has 0 unspecified atom stereocenters. The number of alkyl halides is 3. The zero-order valence-electron chi connectivity index (χ0n) is 15.3. The maximum absolute atomic E-state index is 13.6. The third kappa shape index (κ3) is 4.09. The molecule has 1 saturated heterocycles. The molecule has 0 atom stereocenters. The van der Waals surface area contributed by atoms with Crippen LogP contribution in [0.5, 0.6) is 0 Å². The van der Waals surface area contributed by atoms with Crippen LogP contribution >= 0.6 is 15.9 Å². The highest BCUT2D eigenvalue weighted by Crippen LogP contribution is 2.36. The number of carbonyl (C=O) groups excluding carboxylic acids is 1. The van der Waals surface area contributed by atoms with Gasteiger partial charge in [0, 0.05) is 36.6 Å². The predicted octanol–water partition coefficient (Wildman–Crippen LogP) is 2.75. The Labute approximate surface area is 176 Å². The standard InChI is InChI=1S/C17H14BrF3N4O4S/c1-30(27,28)23-11-5-25(6-11)16(26)13-7-24-4-9(10-3-14(18)29-8-10)2-12(15(24)22-13)17(19,20)21/h2-4,7-8,11,23H,5-6H2,1H3. The minimum absolute atomic E-state index is 0.111. The van der Waals surface area contributed by atoms with Gasteiger partial charge in [-0.1, -0.05) is 0 Å². The van der Waals surface area contributed by atoms with E-state index in [9.17, 15) is 26.4 Å². The average Bonchev–Trinajstić information content (AvgIpc) is 3.20. The Balaban J connectivity index is 1.67. The van der Waals surface area contributed by atoms with Gasteiger partial charge >= 0.3 is 6.18 Å². The number of fused-ring (bicyclic) bond motifs is 1. The maximum Gasteiger partial charge on any atom is 0.420 e. The minimum atomic E-state index is -4.69. The van der Waals surface area contributed by atoms with E-state index in [1.54, 1.807) is 0 Å². The van der Waals surface area contributed by atoms with Crippen LogP contribution in [-0.4, -0.2) is 54.0 Å². The lowest BCUT2D eigenvalue weighted by Gasteiger charge is -2.38. The predicted molar refractivity (Wildman–Crippen MR) is 103 cm³/mol. The fraction of sp³-hybridized carbons (Fsp3) is 0.294. The van der Waals surface area contributed by atoms with Crippen LogP contribution in [0.15, 0.2) is 39.9 Å². The fourth-order valence-electron chi connectivity index (χ4n) is 3.21. The van der Waals surface area contributed by atoms with Gasteiger partial charge in [0.05, 0.1) is 24.1 Å². The molecule has 3 aromatic rings. The molecule has 0 saturated carbocycles. The number of furan rings is 1. The first kappa shape index (κ1) is 20.9. The molecule has 0 aromatic carbocycles. The van der Waals surface area contributed by atoms with Crippen molar-refractivity contribution in [2.75, 3.05) is 19.3 Å². The van der Waals surface area contributed by atoms with Gasteiger partial charge in [0.25, 0.3) is 5.91 Å². The van der Waals surface area contributed by atoms with Gasteiger partial charge in [-0.2, -0.15) is 13.2 Å². The topological polar surface area (TPSA) is 96.9 Å². The Morgan fingerprint density at radius 1 is 1.27 bits per heavy atom. The molecular formula is C17H14BrF3N4O4S. The molecule has 1 fully saturated rings. The van der Waals surface area contributed by atoms with Crippen LogP contribution < -0.4 is 4.72 Å². The largest absolute Gasteiger partial charge is 0.457 e. The van der Waals surface area contributed by atoms with E-state index >= 15 is 0 Å². The van der Waals surface area contributed by atoms with Crippen molar-refractivity contribution in [2.45, 2.75) is 12.2 Å². The summed E-state index contributed by atoms with van der Waals surface area (Å²) >= 11 is 3.11.